The van der Waals surface area contributed by atoms with E-state index in [1.165, 1.54) is 18.6 Å². The molecule has 4 N–H and O–H groups in total. The summed E-state index contributed by atoms with van der Waals surface area (Å²) in [6, 6.07) is 10.5. The Morgan fingerprint density at radius 1 is 1.23 bits per heavy atom. The lowest BCUT2D eigenvalue weighted by atomic mass is 10.1. The highest BCUT2D eigenvalue weighted by Crippen LogP contribution is 2.31. The SMILES string of the molecule is CN(C)CC1CCN(c2ccc3nc(-c4c(N)c5c(F)cccc5[nH]c4=O)[nH]c3c2)C1. The molecule has 1 aliphatic rings. The minimum Gasteiger partial charge on any atom is -0.397 e. The molecule has 0 aliphatic carbocycles. The number of benzene rings is 2. The Morgan fingerprint density at radius 3 is 2.87 bits per heavy atom. The van der Waals surface area contributed by atoms with E-state index in [1.807, 2.05) is 6.07 Å². The summed E-state index contributed by atoms with van der Waals surface area (Å²) in [6.45, 7) is 3.11. The molecule has 3 heterocycles. The summed E-state index contributed by atoms with van der Waals surface area (Å²) in [7, 11) is 4.21. The van der Waals surface area contributed by atoms with E-state index in [0.29, 0.717) is 17.3 Å². The van der Waals surface area contributed by atoms with Crippen molar-refractivity contribution in [3.8, 4) is 11.4 Å². The maximum atomic E-state index is 14.4. The summed E-state index contributed by atoms with van der Waals surface area (Å²) >= 11 is 0. The molecule has 7 nitrogen and oxygen atoms in total. The third-order valence-electron chi connectivity index (χ3n) is 6.00. The molecule has 1 aliphatic heterocycles. The van der Waals surface area contributed by atoms with Crippen LogP contribution in [-0.2, 0) is 0 Å². The number of aromatic amines is 2. The average molecular weight is 420 g/mol. The van der Waals surface area contributed by atoms with E-state index in [2.05, 4.69) is 51.0 Å². The normalized spacial score (nSPS) is 16.8. The van der Waals surface area contributed by atoms with Crippen molar-refractivity contribution in [2.24, 2.45) is 5.92 Å². The van der Waals surface area contributed by atoms with Crippen LogP contribution < -0.4 is 16.2 Å². The van der Waals surface area contributed by atoms with Crippen LogP contribution in [0.5, 0.6) is 0 Å². The van der Waals surface area contributed by atoms with Gasteiger partial charge in [0.25, 0.3) is 5.56 Å². The van der Waals surface area contributed by atoms with E-state index >= 15 is 0 Å². The van der Waals surface area contributed by atoms with Crippen LogP contribution in [0.2, 0.25) is 0 Å². The van der Waals surface area contributed by atoms with Gasteiger partial charge in [0.1, 0.15) is 17.2 Å². The molecule has 8 heteroatoms. The highest BCUT2D eigenvalue weighted by atomic mass is 19.1. The number of anilines is 2. The predicted molar refractivity (Wildman–Crippen MR) is 123 cm³/mol. The van der Waals surface area contributed by atoms with Gasteiger partial charge < -0.3 is 25.5 Å². The quantitative estimate of drug-likeness (QED) is 0.471. The van der Waals surface area contributed by atoms with Crippen LogP contribution in [0.15, 0.2) is 41.2 Å². The van der Waals surface area contributed by atoms with Crippen molar-refractivity contribution in [2.75, 3.05) is 44.4 Å². The zero-order valence-corrected chi connectivity index (χ0v) is 17.6. The predicted octanol–water partition coefficient (Wildman–Crippen LogP) is 3.18. The smallest absolute Gasteiger partial charge is 0.261 e. The second-order valence-electron chi connectivity index (χ2n) is 8.56. The van der Waals surface area contributed by atoms with Crippen molar-refractivity contribution in [3.63, 3.8) is 0 Å². The maximum Gasteiger partial charge on any atom is 0.261 e. The second kappa shape index (κ2) is 7.39. The van der Waals surface area contributed by atoms with Gasteiger partial charge in [-0.1, -0.05) is 6.07 Å². The largest absolute Gasteiger partial charge is 0.397 e. The fraction of sp³-hybridized carbons (Fsp3) is 0.304. The monoisotopic (exact) mass is 420 g/mol. The maximum absolute atomic E-state index is 14.4. The summed E-state index contributed by atoms with van der Waals surface area (Å²) in [5.74, 6) is 0.504. The Kier molecular flexibility index (Phi) is 4.66. The van der Waals surface area contributed by atoms with E-state index in [9.17, 15) is 9.18 Å². The van der Waals surface area contributed by atoms with Gasteiger partial charge >= 0.3 is 0 Å². The van der Waals surface area contributed by atoms with Crippen molar-refractivity contribution in [3.05, 3.63) is 52.6 Å². The number of aromatic nitrogens is 3. The number of H-pyrrole nitrogens is 2. The van der Waals surface area contributed by atoms with Gasteiger partial charge in [-0.3, -0.25) is 4.79 Å². The van der Waals surface area contributed by atoms with Crippen molar-refractivity contribution in [1.82, 2.24) is 19.9 Å². The molecule has 0 spiro atoms. The van der Waals surface area contributed by atoms with Crippen LogP contribution in [0.4, 0.5) is 15.8 Å². The van der Waals surface area contributed by atoms with E-state index in [4.69, 9.17) is 5.73 Å². The number of nitrogen functional groups attached to an aromatic ring is 1. The highest BCUT2D eigenvalue weighted by molar-refractivity contribution is 5.98. The van der Waals surface area contributed by atoms with Crippen LogP contribution in [0.3, 0.4) is 0 Å². The number of nitrogens with two attached hydrogens (primary N) is 1. The van der Waals surface area contributed by atoms with Crippen molar-refractivity contribution >= 4 is 33.3 Å². The van der Waals surface area contributed by atoms with E-state index in [1.54, 1.807) is 6.07 Å². The first kappa shape index (κ1) is 19.6. The van der Waals surface area contributed by atoms with Gasteiger partial charge in [-0.05, 0) is 56.8 Å². The molecule has 0 radical (unpaired) electrons. The third-order valence-corrected chi connectivity index (χ3v) is 6.00. The highest BCUT2D eigenvalue weighted by Gasteiger charge is 2.24. The van der Waals surface area contributed by atoms with Crippen LogP contribution in [-0.4, -0.2) is 53.6 Å². The third kappa shape index (κ3) is 3.42. The second-order valence-corrected chi connectivity index (χ2v) is 8.56. The lowest BCUT2D eigenvalue weighted by Crippen LogP contribution is -2.25. The van der Waals surface area contributed by atoms with Gasteiger partial charge in [0.05, 0.1) is 27.6 Å². The molecular formula is C23H25FN6O. The Morgan fingerprint density at radius 2 is 2.06 bits per heavy atom. The first-order chi connectivity index (χ1) is 14.9. The first-order valence-corrected chi connectivity index (χ1v) is 10.4. The fourth-order valence-electron chi connectivity index (χ4n) is 4.61. The molecule has 0 amide bonds. The number of fused-ring (bicyclic) bond motifs is 2. The van der Waals surface area contributed by atoms with Gasteiger partial charge in [-0.25, -0.2) is 9.37 Å². The molecule has 0 bridgehead atoms. The van der Waals surface area contributed by atoms with E-state index in [0.717, 1.165) is 36.4 Å². The molecule has 160 valence electrons. The molecule has 1 unspecified atom stereocenters. The molecule has 5 rings (SSSR count). The molecular weight excluding hydrogens is 395 g/mol. The molecule has 1 atom stereocenters. The molecule has 0 saturated carbocycles. The van der Waals surface area contributed by atoms with E-state index in [-0.39, 0.29) is 16.6 Å². The van der Waals surface area contributed by atoms with Crippen molar-refractivity contribution < 1.29 is 4.39 Å². The van der Waals surface area contributed by atoms with Crippen LogP contribution in [0.25, 0.3) is 33.3 Å². The summed E-state index contributed by atoms with van der Waals surface area (Å²) in [5, 5.41) is 0.197. The summed E-state index contributed by atoms with van der Waals surface area (Å²) in [4.78, 5) is 27.8. The molecule has 1 saturated heterocycles. The molecule has 1 fully saturated rings. The Hall–Kier alpha value is -3.39. The average Bonchev–Trinajstić information content (AvgIpc) is 3.33. The fourth-order valence-corrected chi connectivity index (χ4v) is 4.61. The lowest BCUT2D eigenvalue weighted by molar-refractivity contribution is 0.340. The Bertz CT molecular complexity index is 1340. The van der Waals surface area contributed by atoms with Crippen LogP contribution in [0, 0.1) is 11.7 Å². The summed E-state index contributed by atoms with van der Waals surface area (Å²) < 4.78 is 14.4. The number of halogens is 1. The van der Waals surface area contributed by atoms with E-state index < -0.39 is 11.4 Å². The van der Waals surface area contributed by atoms with Crippen molar-refractivity contribution in [1.29, 1.82) is 0 Å². The first-order valence-electron chi connectivity index (χ1n) is 10.4. The van der Waals surface area contributed by atoms with Crippen LogP contribution >= 0.6 is 0 Å². The Balaban J connectivity index is 1.53. The summed E-state index contributed by atoms with van der Waals surface area (Å²) in [5.41, 5.74) is 9.10. The van der Waals surface area contributed by atoms with Gasteiger partial charge in [-0.2, -0.15) is 0 Å². The molecule has 4 aromatic rings. The number of pyridine rings is 1. The number of nitrogens with one attached hydrogen (secondary N) is 2. The van der Waals surface area contributed by atoms with Gasteiger partial charge in [0.2, 0.25) is 0 Å². The topological polar surface area (TPSA) is 94.0 Å². The number of rotatable bonds is 4. The van der Waals surface area contributed by atoms with Gasteiger partial charge in [0.15, 0.2) is 0 Å². The van der Waals surface area contributed by atoms with Crippen LogP contribution in [0.1, 0.15) is 6.42 Å². The van der Waals surface area contributed by atoms with Gasteiger partial charge in [0, 0.05) is 25.3 Å². The Labute approximate surface area is 178 Å². The van der Waals surface area contributed by atoms with Gasteiger partial charge in [-0.15, -0.1) is 0 Å². The zero-order valence-electron chi connectivity index (χ0n) is 17.6. The molecule has 2 aromatic carbocycles. The molecule has 2 aromatic heterocycles. The summed E-state index contributed by atoms with van der Waals surface area (Å²) in [6.07, 6.45) is 1.17. The standard InChI is InChI=1S/C23H25FN6O/c1-29(2)11-13-8-9-30(12-13)14-6-7-16-18(10-14)27-22(26-16)20-21(25)19-15(24)4-3-5-17(19)28-23(20)31/h3-7,10,13H,8-9,11-12H2,1-2H3,(H,26,27)(H3,25,28,31). The zero-order chi connectivity index (χ0) is 21.7. The molecule has 31 heavy (non-hydrogen) atoms. The lowest BCUT2D eigenvalue weighted by Gasteiger charge is -2.20. The number of imidazole rings is 1. The minimum atomic E-state index is -0.479. The minimum absolute atomic E-state index is 0.0854. The number of nitrogens with zero attached hydrogens (tertiary/aromatic N) is 3. The number of hydrogen-bond donors (Lipinski definition) is 3. The number of hydrogen-bond acceptors (Lipinski definition) is 5. The van der Waals surface area contributed by atoms with Crippen molar-refractivity contribution in [2.45, 2.75) is 6.42 Å².